The summed E-state index contributed by atoms with van der Waals surface area (Å²) in [6, 6.07) is 5.48. The van der Waals surface area contributed by atoms with Crippen LogP contribution in [0.3, 0.4) is 0 Å². The molecule has 1 aromatic rings. The van der Waals surface area contributed by atoms with Gasteiger partial charge in [0.2, 0.25) is 15.9 Å². The highest BCUT2D eigenvalue weighted by molar-refractivity contribution is 9.10. The molecule has 0 heterocycles. The summed E-state index contributed by atoms with van der Waals surface area (Å²) in [6.45, 7) is 1.87. The Balaban J connectivity index is 2.62. The van der Waals surface area contributed by atoms with Gasteiger partial charge in [-0.15, -0.1) is 0 Å². The number of halogens is 1. The second kappa shape index (κ2) is 6.49. The first-order chi connectivity index (χ1) is 8.72. The van der Waals surface area contributed by atoms with E-state index in [0.717, 1.165) is 14.3 Å². The largest absolute Gasteiger partial charge is 0.326 e. The fourth-order valence-corrected chi connectivity index (χ4v) is 2.67. The third-order valence-electron chi connectivity index (χ3n) is 2.61. The molecular weight excluding hydrogens is 332 g/mol. The number of aryl methyl sites for hydroxylation is 1. The quantitative estimate of drug-likeness (QED) is 0.884. The van der Waals surface area contributed by atoms with Crippen LogP contribution < -0.4 is 5.32 Å². The molecule has 0 radical (unpaired) electrons. The van der Waals surface area contributed by atoms with Gasteiger partial charge in [0.15, 0.2) is 0 Å². The minimum absolute atomic E-state index is 0.0595. The van der Waals surface area contributed by atoms with Crippen LogP contribution >= 0.6 is 15.9 Å². The SMILES string of the molecule is Cc1cc(Br)ccc1NC(=O)CCS(=O)(=O)N(C)C. The Kier molecular flexibility index (Phi) is 5.51. The van der Waals surface area contributed by atoms with E-state index in [-0.39, 0.29) is 18.1 Å². The van der Waals surface area contributed by atoms with Crippen molar-refractivity contribution in [2.75, 3.05) is 25.2 Å². The number of amides is 1. The summed E-state index contributed by atoms with van der Waals surface area (Å²) in [4.78, 5) is 11.7. The highest BCUT2D eigenvalue weighted by atomic mass is 79.9. The molecule has 0 saturated carbocycles. The molecule has 0 saturated heterocycles. The van der Waals surface area contributed by atoms with E-state index in [4.69, 9.17) is 0 Å². The van der Waals surface area contributed by atoms with E-state index in [9.17, 15) is 13.2 Å². The van der Waals surface area contributed by atoms with Crippen LogP contribution in [-0.2, 0) is 14.8 Å². The Morgan fingerprint density at radius 2 is 2.00 bits per heavy atom. The Labute approximate surface area is 122 Å². The van der Waals surface area contributed by atoms with Crippen LogP contribution in [0.1, 0.15) is 12.0 Å². The normalized spacial score (nSPS) is 11.6. The smallest absolute Gasteiger partial charge is 0.225 e. The molecule has 0 fully saturated rings. The molecular formula is C12H17BrN2O3S. The number of nitrogens with one attached hydrogen (secondary N) is 1. The molecule has 1 amide bonds. The zero-order valence-corrected chi connectivity index (χ0v) is 13.5. The first-order valence-corrected chi connectivity index (χ1v) is 8.09. The molecule has 0 aliphatic heterocycles. The van der Waals surface area contributed by atoms with Crippen LogP contribution in [0.25, 0.3) is 0 Å². The molecule has 7 heteroatoms. The molecule has 106 valence electrons. The predicted octanol–water partition coefficient (Wildman–Crippen LogP) is 1.98. The third-order valence-corrected chi connectivity index (χ3v) is 4.93. The number of nitrogens with zero attached hydrogens (tertiary/aromatic N) is 1. The number of benzene rings is 1. The maximum atomic E-state index is 11.7. The fraction of sp³-hybridized carbons (Fsp3) is 0.417. The van der Waals surface area contributed by atoms with Gasteiger partial charge in [-0.3, -0.25) is 4.79 Å². The van der Waals surface area contributed by atoms with Crippen LogP contribution in [0.15, 0.2) is 22.7 Å². The Hall–Kier alpha value is -0.920. The fourth-order valence-electron chi connectivity index (χ4n) is 1.38. The van der Waals surface area contributed by atoms with Crippen molar-refractivity contribution in [1.29, 1.82) is 0 Å². The van der Waals surface area contributed by atoms with Gasteiger partial charge >= 0.3 is 0 Å². The summed E-state index contributed by atoms with van der Waals surface area (Å²) in [5.74, 6) is -0.502. The van der Waals surface area contributed by atoms with Crippen molar-refractivity contribution in [3.05, 3.63) is 28.2 Å². The number of hydrogen-bond acceptors (Lipinski definition) is 3. The topological polar surface area (TPSA) is 66.5 Å². The van der Waals surface area contributed by atoms with Gasteiger partial charge in [0.1, 0.15) is 0 Å². The number of sulfonamides is 1. The molecule has 0 bridgehead atoms. The van der Waals surface area contributed by atoms with Crippen molar-refractivity contribution in [2.24, 2.45) is 0 Å². The standard InChI is InChI=1S/C12H17BrN2O3S/c1-9-8-10(13)4-5-11(9)14-12(16)6-7-19(17,18)15(2)3/h4-5,8H,6-7H2,1-3H3,(H,14,16). The highest BCUT2D eigenvalue weighted by Crippen LogP contribution is 2.20. The summed E-state index contributed by atoms with van der Waals surface area (Å²) in [7, 11) is -0.436. The average Bonchev–Trinajstić information content (AvgIpc) is 2.30. The van der Waals surface area contributed by atoms with Crippen LogP contribution in [0.5, 0.6) is 0 Å². The predicted molar refractivity (Wildman–Crippen MR) is 79.6 cm³/mol. The van der Waals surface area contributed by atoms with E-state index in [1.54, 1.807) is 6.07 Å². The number of rotatable bonds is 5. The molecule has 1 aromatic carbocycles. The average molecular weight is 349 g/mol. The molecule has 1 N–H and O–H groups in total. The second-order valence-electron chi connectivity index (χ2n) is 4.36. The second-order valence-corrected chi connectivity index (χ2v) is 7.57. The summed E-state index contributed by atoms with van der Waals surface area (Å²) < 4.78 is 25.1. The van der Waals surface area contributed by atoms with Crippen molar-refractivity contribution >= 4 is 37.5 Å². The van der Waals surface area contributed by atoms with Gasteiger partial charge in [-0.25, -0.2) is 12.7 Å². The van der Waals surface area contributed by atoms with Gasteiger partial charge in [-0.1, -0.05) is 15.9 Å². The number of carbonyl (C=O) groups excluding carboxylic acids is 1. The van der Waals surface area contributed by atoms with Crippen LogP contribution in [-0.4, -0.2) is 38.5 Å². The monoisotopic (exact) mass is 348 g/mol. The minimum Gasteiger partial charge on any atom is -0.326 e. The van der Waals surface area contributed by atoms with Crippen molar-refractivity contribution in [2.45, 2.75) is 13.3 Å². The summed E-state index contributed by atoms with van der Waals surface area (Å²) in [5, 5.41) is 2.71. The van der Waals surface area contributed by atoms with Gasteiger partial charge in [-0.2, -0.15) is 0 Å². The molecule has 0 spiro atoms. The molecule has 0 atom stereocenters. The lowest BCUT2D eigenvalue weighted by Gasteiger charge is -2.12. The number of hydrogen-bond donors (Lipinski definition) is 1. The molecule has 1 rings (SSSR count). The maximum Gasteiger partial charge on any atom is 0.225 e. The molecule has 5 nitrogen and oxygen atoms in total. The molecule has 0 aliphatic carbocycles. The molecule has 0 unspecified atom stereocenters. The third kappa shape index (κ3) is 4.93. The van der Waals surface area contributed by atoms with E-state index < -0.39 is 10.0 Å². The Bertz CT molecular complexity index is 570. The Morgan fingerprint density at radius 3 is 2.53 bits per heavy atom. The van der Waals surface area contributed by atoms with E-state index in [1.807, 2.05) is 19.1 Å². The van der Waals surface area contributed by atoms with Crippen molar-refractivity contribution in [3.63, 3.8) is 0 Å². The lowest BCUT2D eigenvalue weighted by atomic mass is 10.2. The Morgan fingerprint density at radius 1 is 1.37 bits per heavy atom. The van der Waals surface area contributed by atoms with Gasteiger partial charge in [-0.05, 0) is 30.7 Å². The number of carbonyl (C=O) groups is 1. The van der Waals surface area contributed by atoms with Gasteiger partial charge in [0.25, 0.3) is 0 Å². The van der Waals surface area contributed by atoms with E-state index in [1.165, 1.54) is 14.1 Å². The van der Waals surface area contributed by atoms with Crippen molar-refractivity contribution in [3.8, 4) is 0 Å². The molecule has 19 heavy (non-hydrogen) atoms. The maximum absolute atomic E-state index is 11.7. The van der Waals surface area contributed by atoms with Crippen LogP contribution in [0.4, 0.5) is 5.69 Å². The van der Waals surface area contributed by atoms with Gasteiger partial charge in [0.05, 0.1) is 5.75 Å². The van der Waals surface area contributed by atoms with E-state index >= 15 is 0 Å². The zero-order valence-electron chi connectivity index (χ0n) is 11.1. The summed E-state index contributed by atoms with van der Waals surface area (Å²) >= 11 is 3.34. The summed E-state index contributed by atoms with van der Waals surface area (Å²) in [6.07, 6.45) is -0.0595. The summed E-state index contributed by atoms with van der Waals surface area (Å²) in [5.41, 5.74) is 1.61. The zero-order chi connectivity index (χ0) is 14.6. The van der Waals surface area contributed by atoms with Gasteiger partial charge in [0, 0.05) is 30.7 Å². The van der Waals surface area contributed by atoms with Crippen LogP contribution in [0.2, 0.25) is 0 Å². The van der Waals surface area contributed by atoms with Gasteiger partial charge < -0.3 is 5.32 Å². The first-order valence-electron chi connectivity index (χ1n) is 5.68. The first kappa shape index (κ1) is 16.1. The molecule has 0 aromatic heterocycles. The van der Waals surface area contributed by atoms with Crippen molar-refractivity contribution < 1.29 is 13.2 Å². The minimum atomic E-state index is -3.34. The van der Waals surface area contributed by atoms with Crippen LogP contribution in [0, 0.1) is 6.92 Å². The van der Waals surface area contributed by atoms with Crippen molar-refractivity contribution in [1.82, 2.24) is 4.31 Å². The van der Waals surface area contributed by atoms with E-state index in [2.05, 4.69) is 21.2 Å². The highest BCUT2D eigenvalue weighted by Gasteiger charge is 2.16. The number of anilines is 1. The molecule has 0 aliphatic rings. The van der Waals surface area contributed by atoms with E-state index in [0.29, 0.717) is 5.69 Å². The lowest BCUT2D eigenvalue weighted by Crippen LogP contribution is -2.27. The lowest BCUT2D eigenvalue weighted by molar-refractivity contribution is -0.115.